The quantitative estimate of drug-likeness (QED) is 0.798. The maximum absolute atomic E-state index is 13.0. The minimum atomic E-state index is 0.0133. The molecule has 6 nitrogen and oxygen atoms in total. The largest absolute Gasteiger partial charge is 0.497 e. The summed E-state index contributed by atoms with van der Waals surface area (Å²) >= 11 is 0. The first kappa shape index (κ1) is 18.3. The minimum absolute atomic E-state index is 0.0133. The summed E-state index contributed by atoms with van der Waals surface area (Å²) in [6.07, 6.45) is 2.13. The van der Waals surface area contributed by atoms with Gasteiger partial charge >= 0.3 is 0 Å². The molecule has 152 valence electrons. The van der Waals surface area contributed by atoms with Crippen LogP contribution in [0.2, 0.25) is 0 Å². The maximum atomic E-state index is 13.0. The number of hydrogen-bond donors (Lipinski definition) is 0. The van der Waals surface area contributed by atoms with Gasteiger partial charge in [-0.1, -0.05) is 12.1 Å². The Morgan fingerprint density at radius 2 is 2.03 bits per heavy atom. The van der Waals surface area contributed by atoms with Gasteiger partial charge in [-0.15, -0.1) is 0 Å². The van der Waals surface area contributed by atoms with Crippen molar-refractivity contribution in [3.05, 3.63) is 53.6 Å². The number of hydrogen-bond acceptors (Lipinski definition) is 5. The molecule has 0 saturated carbocycles. The van der Waals surface area contributed by atoms with E-state index in [1.165, 1.54) is 0 Å². The number of benzene rings is 2. The minimum Gasteiger partial charge on any atom is -0.497 e. The fourth-order valence-corrected chi connectivity index (χ4v) is 4.63. The topological polar surface area (TPSA) is 51.2 Å². The van der Waals surface area contributed by atoms with Gasteiger partial charge in [0, 0.05) is 31.2 Å². The lowest BCUT2D eigenvalue weighted by Gasteiger charge is -2.39. The molecular formula is C23H26N2O4. The van der Waals surface area contributed by atoms with Crippen LogP contribution in [0.5, 0.6) is 17.2 Å². The van der Waals surface area contributed by atoms with Crippen molar-refractivity contribution in [1.29, 1.82) is 0 Å². The molecule has 1 saturated heterocycles. The Balaban J connectivity index is 1.23. The smallest absolute Gasteiger partial charge is 0.254 e. The highest BCUT2D eigenvalue weighted by Crippen LogP contribution is 2.33. The highest BCUT2D eigenvalue weighted by atomic mass is 16.6. The van der Waals surface area contributed by atoms with E-state index in [9.17, 15) is 4.79 Å². The molecule has 0 N–H and O–H groups in total. The Hall–Kier alpha value is -2.73. The highest BCUT2D eigenvalue weighted by molar-refractivity contribution is 5.98. The third-order valence-corrected chi connectivity index (χ3v) is 6.10. The summed E-state index contributed by atoms with van der Waals surface area (Å²) in [5.41, 5.74) is 1.87. The zero-order valence-corrected chi connectivity index (χ0v) is 16.7. The predicted octanol–water partition coefficient (Wildman–Crippen LogP) is 2.96. The third-order valence-electron chi connectivity index (χ3n) is 6.10. The molecule has 1 fully saturated rings. The van der Waals surface area contributed by atoms with Crippen LogP contribution < -0.4 is 14.2 Å². The van der Waals surface area contributed by atoms with E-state index in [-0.39, 0.29) is 18.1 Å². The predicted molar refractivity (Wildman–Crippen MR) is 109 cm³/mol. The normalized spacial score (nSPS) is 23.8. The van der Waals surface area contributed by atoms with Crippen molar-refractivity contribution in [2.45, 2.75) is 31.5 Å². The number of nitrogens with zero attached hydrogens (tertiary/aromatic N) is 2. The lowest BCUT2D eigenvalue weighted by Crippen LogP contribution is -2.51. The fraction of sp³-hybridized carbons (Fsp3) is 0.435. The standard InChI is InChI=1S/C23H26N2O4/c1-27-18-8-9-20-16(11-18)12-25(23(20)26)17-5-4-10-24(13-17)14-19-15-28-21-6-2-3-7-22(21)29-19/h2-3,6-9,11,17,19H,4-5,10,12-15H2,1H3/t17-,19-/m0/s1. The van der Waals surface area contributed by atoms with E-state index in [0.29, 0.717) is 13.2 Å². The number of para-hydroxylation sites is 2. The van der Waals surface area contributed by atoms with Crippen LogP contribution >= 0.6 is 0 Å². The van der Waals surface area contributed by atoms with Gasteiger partial charge in [0.1, 0.15) is 18.5 Å². The second kappa shape index (κ2) is 7.59. The van der Waals surface area contributed by atoms with Crippen molar-refractivity contribution in [2.75, 3.05) is 33.4 Å². The van der Waals surface area contributed by atoms with Crippen LogP contribution in [0.4, 0.5) is 0 Å². The average Bonchev–Trinajstić information content (AvgIpc) is 3.09. The van der Waals surface area contributed by atoms with E-state index in [0.717, 1.165) is 60.9 Å². The molecule has 5 rings (SSSR count). The second-order valence-corrected chi connectivity index (χ2v) is 8.01. The van der Waals surface area contributed by atoms with Crippen molar-refractivity contribution >= 4 is 5.91 Å². The second-order valence-electron chi connectivity index (χ2n) is 8.01. The first-order valence-electron chi connectivity index (χ1n) is 10.3. The van der Waals surface area contributed by atoms with Gasteiger partial charge in [-0.25, -0.2) is 0 Å². The van der Waals surface area contributed by atoms with Gasteiger partial charge in [0.05, 0.1) is 7.11 Å². The molecule has 3 heterocycles. The Bertz CT molecular complexity index is 916. The van der Waals surface area contributed by atoms with Gasteiger partial charge in [0.2, 0.25) is 0 Å². The van der Waals surface area contributed by atoms with Crippen LogP contribution in [-0.4, -0.2) is 61.2 Å². The van der Waals surface area contributed by atoms with E-state index < -0.39 is 0 Å². The Kier molecular flexibility index (Phi) is 4.79. The molecule has 3 aliphatic rings. The third kappa shape index (κ3) is 3.53. The van der Waals surface area contributed by atoms with Crippen LogP contribution in [0.3, 0.4) is 0 Å². The van der Waals surface area contributed by atoms with Gasteiger partial charge < -0.3 is 19.1 Å². The summed E-state index contributed by atoms with van der Waals surface area (Å²) in [7, 11) is 1.66. The van der Waals surface area contributed by atoms with Crippen molar-refractivity contribution in [1.82, 2.24) is 9.80 Å². The summed E-state index contributed by atoms with van der Waals surface area (Å²) in [5.74, 6) is 2.58. The highest BCUT2D eigenvalue weighted by Gasteiger charge is 2.36. The molecule has 3 aliphatic heterocycles. The SMILES string of the molecule is COc1ccc2c(c1)CN([C@H]1CCCN(C[C@H]3COc4ccccc4O3)C1)C2=O. The Morgan fingerprint density at radius 3 is 2.90 bits per heavy atom. The van der Waals surface area contributed by atoms with Gasteiger partial charge in [-0.2, -0.15) is 0 Å². The Labute approximate surface area is 171 Å². The average molecular weight is 394 g/mol. The van der Waals surface area contributed by atoms with Crippen LogP contribution in [-0.2, 0) is 6.54 Å². The zero-order valence-electron chi connectivity index (χ0n) is 16.7. The first-order chi connectivity index (χ1) is 14.2. The molecule has 0 aromatic heterocycles. The molecule has 6 heteroatoms. The van der Waals surface area contributed by atoms with E-state index >= 15 is 0 Å². The zero-order chi connectivity index (χ0) is 19.8. The number of methoxy groups -OCH3 is 1. The van der Waals surface area contributed by atoms with Gasteiger partial charge in [-0.05, 0) is 55.3 Å². The number of ether oxygens (including phenoxy) is 3. The lowest BCUT2D eigenvalue weighted by atomic mass is 10.0. The van der Waals surface area contributed by atoms with Crippen LogP contribution in [0.1, 0.15) is 28.8 Å². The summed E-state index contributed by atoms with van der Waals surface area (Å²) < 4.78 is 17.3. The van der Waals surface area contributed by atoms with Gasteiger partial charge in [0.15, 0.2) is 11.5 Å². The number of likely N-dealkylation sites (tertiary alicyclic amines) is 1. The van der Waals surface area contributed by atoms with Crippen molar-refractivity contribution in [3.63, 3.8) is 0 Å². The molecule has 0 bridgehead atoms. The van der Waals surface area contributed by atoms with Crippen LogP contribution in [0.25, 0.3) is 0 Å². The van der Waals surface area contributed by atoms with Crippen LogP contribution in [0, 0.1) is 0 Å². The lowest BCUT2D eigenvalue weighted by molar-refractivity contribution is 0.0306. The summed E-state index contributed by atoms with van der Waals surface area (Å²) in [6.45, 7) is 3.94. The number of amides is 1. The molecule has 29 heavy (non-hydrogen) atoms. The summed E-state index contributed by atoms with van der Waals surface area (Å²) in [6, 6.07) is 13.8. The van der Waals surface area contributed by atoms with Crippen molar-refractivity contribution in [3.8, 4) is 17.2 Å². The van der Waals surface area contributed by atoms with Crippen molar-refractivity contribution < 1.29 is 19.0 Å². The van der Waals surface area contributed by atoms with Gasteiger partial charge in [-0.3, -0.25) is 9.69 Å². The number of fused-ring (bicyclic) bond motifs is 2. The molecule has 0 aliphatic carbocycles. The molecule has 0 spiro atoms. The van der Waals surface area contributed by atoms with Crippen molar-refractivity contribution in [2.24, 2.45) is 0 Å². The van der Waals surface area contributed by atoms with Crippen LogP contribution in [0.15, 0.2) is 42.5 Å². The molecule has 2 atom stereocenters. The number of carbonyl (C=O) groups is 1. The number of piperidine rings is 1. The fourth-order valence-electron chi connectivity index (χ4n) is 4.63. The van der Waals surface area contributed by atoms with E-state index in [1.807, 2.05) is 47.4 Å². The van der Waals surface area contributed by atoms with E-state index in [2.05, 4.69) is 4.90 Å². The summed E-state index contributed by atoms with van der Waals surface area (Å²) in [5, 5.41) is 0. The molecule has 2 aromatic rings. The molecule has 1 amide bonds. The molecule has 0 radical (unpaired) electrons. The first-order valence-corrected chi connectivity index (χ1v) is 10.3. The van der Waals surface area contributed by atoms with Gasteiger partial charge in [0.25, 0.3) is 5.91 Å². The molecular weight excluding hydrogens is 368 g/mol. The Morgan fingerprint density at radius 1 is 1.17 bits per heavy atom. The number of rotatable bonds is 4. The molecule has 0 unspecified atom stereocenters. The van der Waals surface area contributed by atoms with E-state index in [1.54, 1.807) is 7.11 Å². The number of carbonyl (C=O) groups excluding carboxylic acids is 1. The monoisotopic (exact) mass is 394 g/mol. The summed E-state index contributed by atoms with van der Waals surface area (Å²) in [4.78, 5) is 17.4. The van der Waals surface area contributed by atoms with E-state index in [4.69, 9.17) is 14.2 Å². The molecule has 2 aromatic carbocycles. The maximum Gasteiger partial charge on any atom is 0.254 e.